The number of nitrogens with zero attached hydrogens (tertiary/aromatic N) is 3. The van der Waals surface area contributed by atoms with E-state index in [2.05, 4.69) is 5.32 Å². The van der Waals surface area contributed by atoms with Crippen molar-refractivity contribution in [1.82, 2.24) is 13.9 Å². The number of halogens is 1. The average Bonchev–Trinajstić information content (AvgIpc) is 3.65. The normalized spacial score (nSPS) is 15.2. The number of hydrogen-bond acceptors (Lipinski definition) is 6. The summed E-state index contributed by atoms with van der Waals surface area (Å²) in [6.07, 6.45) is 3.10. The summed E-state index contributed by atoms with van der Waals surface area (Å²) in [4.78, 5) is 18.3. The summed E-state index contributed by atoms with van der Waals surface area (Å²) in [5.74, 6) is 0.280. The molecule has 0 aliphatic carbocycles. The monoisotopic (exact) mass is 608 g/mol. The summed E-state index contributed by atoms with van der Waals surface area (Å²) in [7, 11) is -2.51. The molecule has 2 heterocycles. The Morgan fingerprint density at radius 3 is 2.48 bits per heavy atom. The minimum absolute atomic E-state index is 0.0589. The first-order valence-electron chi connectivity index (χ1n) is 13.6. The van der Waals surface area contributed by atoms with Gasteiger partial charge < -0.3 is 9.47 Å². The number of anilines is 1. The second kappa shape index (κ2) is 12.7. The predicted molar refractivity (Wildman–Crippen MR) is 163 cm³/mol. The van der Waals surface area contributed by atoms with Crippen LogP contribution in [0, 0.1) is 13.8 Å². The summed E-state index contributed by atoms with van der Waals surface area (Å²) in [5.41, 5.74) is 4.47. The van der Waals surface area contributed by atoms with E-state index in [-0.39, 0.29) is 23.5 Å². The lowest BCUT2D eigenvalue weighted by Gasteiger charge is -2.24. The lowest BCUT2D eigenvalue weighted by Crippen LogP contribution is -2.42. The molecule has 42 heavy (non-hydrogen) atoms. The van der Waals surface area contributed by atoms with Gasteiger partial charge in [0.05, 0.1) is 30.3 Å². The highest BCUT2D eigenvalue weighted by Gasteiger charge is 2.31. The Morgan fingerprint density at radius 1 is 1.10 bits per heavy atom. The molecule has 1 aliphatic rings. The van der Waals surface area contributed by atoms with E-state index in [1.807, 2.05) is 50.4 Å². The Bertz CT molecular complexity index is 1660. The number of aromatic nitrogens is 2. The Labute approximate surface area is 251 Å². The first-order valence-corrected chi connectivity index (χ1v) is 15.4. The second-order valence-electron chi connectivity index (χ2n) is 10.3. The van der Waals surface area contributed by atoms with Crippen LogP contribution in [-0.2, 0) is 19.6 Å². The summed E-state index contributed by atoms with van der Waals surface area (Å²) in [5, 5.41) is 3.46. The molecule has 11 heteroatoms. The fraction of sp³-hybridized carbons (Fsp3) is 0.290. The predicted octanol–water partition coefficient (Wildman–Crippen LogP) is 5.63. The highest BCUT2D eigenvalue weighted by Crippen LogP contribution is 2.27. The molecule has 0 spiro atoms. The van der Waals surface area contributed by atoms with Crippen LogP contribution in [0.5, 0.6) is 5.75 Å². The van der Waals surface area contributed by atoms with Crippen molar-refractivity contribution in [2.75, 3.05) is 32.1 Å². The molecule has 3 aromatic carbocycles. The first kappa shape index (κ1) is 29.8. The minimum atomic E-state index is -4.02. The van der Waals surface area contributed by atoms with Crippen molar-refractivity contribution < 1.29 is 22.7 Å². The van der Waals surface area contributed by atoms with Crippen LogP contribution in [0.2, 0.25) is 5.02 Å². The number of carbonyl (C=O) groups is 1. The number of sulfonamides is 1. The van der Waals surface area contributed by atoms with Crippen LogP contribution in [0.25, 0.3) is 16.9 Å². The van der Waals surface area contributed by atoms with Crippen LogP contribution < -0.4 is 10.1 Å². The van der Waals surface area contributed by atoms with Gasteiger partial charge in [0.25, 0.3) is 0 Å². The van der Waals surface area contributed by atoms with E-state index in [0.717, 1.165) is 35.2 Å². The fourth-order valence-corrected chi connectivity index (χ4v) is 6.34. The summed E-state index contributed by atoms with van der Waals surface area (Å²) < 4.78 is 41.3. The molecule has 1 N–H and O–H groups in total. The number of methoxy groups -OCH3 is 1. The largest absolute Gasteiger partial charge is 0.497 e. The maximum Gasteiger partial charge on any atom is 0.243 e. The van der Waals surface area contributed by atoms with Crippen LogP contribution >= 0.6 is 11.6 Å². The van der Waals surface area contributed by atoms with E-state index < -0.39 is 22.5 Å². The Balaban J connectivity index is 1.45. The molecule has 0 unspecified atom stereocenters. The van der Waals surface area contributed by atoms with Crippen molar-refractivity contribution >= 4 is 33.5 Å². The van der Waals surface area contributed by atoms with Crippen LogP contribution in [-0.4, -0.2) is 61.1 Å². The van der Waals surface area contributed by atoms with Crippen molar-refractivity contribution in [1.29, 1.82) is 0 Å². The van der Waals surface area contributed by atoms with E-state index in [0.29, 0.717) is 23.1 Å². The van der Waals surface area contributed by atoms with Crippen molar-refractivity contribution in [3.8, 4) is 22.7 Å². The smallest absolute Gasteiger partial charge is 0.243 e. The minimum Gasteiger partial charge on any atom is -0.497 e. The number of hydrogen-bond donors (Lipinski definition) is 1. The number of aryl methyl sites for hydroxylation is 2. The standard InChI is InChI=1S/C31H33ClN4O5S/c1-21-6-11-25(17-22(21)2)36-19-29(23-7-9-24(32)10-8-23)33-31(36)34-30(37)20-35(18-27-5-4-16-41-27)42(38,39)28-14-12-26(40-3)13-15-28/h6-15,17,19,27H,4-5,16,18,20H2,1-3H3,(H,33,34,37)/t27-/m0/s1. The summed E-state index contributed by atoms with van der Waals surface area (Å²) in [6.45, 7) is 4.25. The summed E-state index contributed by atoms with van der Waals surface area (Å²) in [6, 6.07) is 19.3. The Hall–Kier alpha value is -3.70. The van der Waals surface area contributed by atoms with Crippen molar-refractivity contribution in [3.63, 3.8) is 0 Å². The van der Waals surface area contributed by atoms with Gasteiger partial charge in [0.15, 0.2) is 0 Å². The third-order valence-corrected chi connectivity index (χ3v) is 9.39. The van der Waals surface area contributed by atoms with Gasteiger partial charge in [-0.3, -0.25) is 14.7 Å². The van der Waals surface area contributed by atoms with E-state index in [4.69, 9.17) is 26.1 Å². The number of ether oxygens (including phenoxy) is 2. The number of carbonyl (C=O) groups excluding carboxylic acids is 1. The van der Waals surface area contributed by atoms with E-state index in [1.54, 1.807) is 28.8 Å². The quantitative estimate of drug-likeness (QED) is 0.250. The van der Waals surface area contributed by atoms with Gasteiger partial charge in [-0.25, -0.2) is 13.4 Å². The molecule has 1 atom stereocenters. The first-order chi connectivity index (χ1) is 20.1. The second-order valence-corrected chi connectivity index (χ2v) is 12.6. The molecule has 1 amide bonds. The zero-order valence-electron chi connectivity index (χ0n) is 23.7. The SMILES string of the molecule is COc1ccc(S(=O)(=O)N(CC(=O)Nc2nc(-c3ccc(Cl)cc3)cn2-c2ccc(C)c(C)c2)C[C@@H]2CCCO2)cc1. The third kappa shape index (κ3) is 6.68. The number of benzene rings is 3. The molecule has 4 aromatic rings. The van der Waals surface area contributed by atoms with E-state index >= 15 is 0 Å². The molecule has 1 fully saturated rings. The fourth-order valence-electron chi connectivity index (χ4n) is 4.78. The molecule has 220 valence electrons. The molecule has 0 saturated carbocycles. The highest BCUT2D eigenvalue weighted by molar-refractivity contribution is 7.89. The maximum atomic E-state index is 13.7. The number of rotatable bonds is 10. The van der Waals surface area contributed by atoms with Gasteiger partial charge in [-0.1, -0.05) is 29.8 Å². The molecular formula is C31H33ClN4O5S. The zero-order chi connectivity index (χ0) is 29.9. The topological polar surface area (TPSA) is 103 Å². The van der Waals surface area contributed by atoms with Gasteiger partial charge in [-0.05, 0) is 86.3 Å². The molecule has 1 aromatic heterocycles. The molecule has 0 radical (unpaired) electrons. The van der Waals surface area contributed by atoms with Gasteiger partial charge in [-0.2, -0.15) is 4.31 Å². The zero-order valence-corrected chi connectivity index (χ0v) is 25.3. The molecular weight excluding hydrogens is 576 g/mol. The van der Waals surface area contributed by atoms with Gasteiger partial charge in [0.1, 0.15) is 5.75 Å². The van der Waals surface area contributed by atoms with Crippen LogP contribution in [0.4, 0.5) is 5.95 Å². The Kier molecular flexibility index (Phi) is 8.98. The lowest BCUT2D eigenvalue weighted by atomic mass is 10.1. The molecule has 5 rings (SSSR count). The number of nitrogens with one attached hydrogen (secondary N) is 1. The third-order valence-electron chi connectivity index (χ3n) is 7.31. The van der Waals surface area contributed by atoms with Crippen LogP contribution in [0.3, 0.4) is 0 Å². The van der Waals surface area contributed by atoms with Crippen molar-refractivity contribution in [3.05, 3.63) is 89.1 Å². The Morgan fingerprint density at radius 2 is 1.83 bits per heavy atom. The van der Waals surface area contributed by atoms with E-state index in [9.17, 15) is 13.2 Å². The van der Waals surface area contributed by atoms with Crippen molar-refractivity contribution in [2.24, 2.45) is 0 Å². The van der Waals surface area contributed by atoms with Crippen molar-refractivity contribution in [2.45, 2.75) is 37.7 Å². The molecule has 0 bridgehead atoms. The van der Waals surface area contributed by atoms with Crippen LogP contribution in [0.1, 0.15) is 24.0 Å². The number of amides is 1. The highest BCUT2D eigenvalue weighted by atomic mass is 35.5. The maximum absolute atomic E-state index is 13.7. The van der Waals surface area contributed by atoms with Crippen LogP contribution in [0.15, 0.2) is 77.8 Å². The molecule has 9 nitrogen and oxygen atoms in total. The van der Waals surface area contributed by atoms with Gasteiger partial charge >= 0.3 is 0 Å². The summed E-state index contributed by atoms with van der Waals surface area (Å²) >= 11 is 6.09. The van der Waals surface area contributed by atoms with Gasteiger partial charge in [-0.15, -0.1) is 0 Å². The van der Waals surface area contributed by atoms with Gasteiger partial charge in [0, 0.05) is 35.6 Å². The van der Waals surface area contributed by atoms with E-state index in [1.165, 1.54) is 23.5 Å². The number of imidazole rings is 1. The lowest BCUT2D eigenvalue weighted by molar-refractivity contribution is -0.116. The molecule has 1 saturated heterocycles. The van der Waals surface area contributed by atoms with Gasteiger partial charge in [0.2, 0.25) is 21.9 Å². The average molecular weight is 609 g/mol. The molecule has 1 aliphatic heterocycles.